The normalized spacial score (nSPS) is 0. The third kappa shape index (κ3) is 8.89. The molecule has 0 aliphatic rings. The molecule has 0 fully saturated rings. The summed E-state index contributed by atoms with van der Waals surface area (Å²) in [7, 11) is 0. The van der Waals surface area contributed by atoms with Gasteiger partial charge in [-0.05, 0) is 0 Å². The first-order valence-electron chi connectivity index (χ1n) is 0. The van der Waals surface area contributed by atoms with Crippen LogP contribution in [0.15, 0.2) is 0 Å². The van der Waals surface area contributed by atoms with Crippen LogP contribution in [0.4, 0.5) is 0 Å². The van der Waals surface area contributed by atoms with Gasteiger partial charge in [-0.3, -0.25) is 0 Å². The Morgan fingerprint density at radius 3 is 0.750 bits per heavy atom. The van der Waals surface area contributed by atoms with Crippen molar-refractivity contribution in [2.24, 2.45) is 0 Å². The monoisotopic (exact) mass is 239 g/mol. The standard InChI is InChI=1S/Cu.2Fe.Zn. The Morgan fingerprint density at radius 2 is 0.750 bits per heavy atom. The van der Waals surface area contributed by atoms with Gasteiger partial charge in [0.1, 0.15) is 0 Å². The van der Waals surface area contributed by atoms with Gasteiger partial charge in [-0.25, -0.2) is 0 Å². The first-order valence-corrected chi connectivity index (χ1v) is 0. The van der Waals surface area contributed by atoms with Crippen LogP contribution in [-0.2, 0) is 70.7 Å². The molecule has 0 saturated heterocycles. The molecule has 0 heterocycles. The number of rotatable bonds is 0. The Balaban J connectivity index is 0. The Morgan fingerprint density at radius 1 is 0.750 bits per heavy atom. The Hall–Kier alpha value is 2.18. The summed E-state index contributed by atoms with van der Waals surface area (Å²) in [6.07, 6.45) is 0. The van der Waals surface area contributed by atoms with E-state index in [0.29, 0.717) is 0 Å². The second-order valence-corrected chi connectivity index (χ2v) is 0. The van der Waals surface area contributed by atoms with Crippen LogP contribution in [0.3, 0.4) is 0 Å². The maximum absolute atomic E-state index is 0. The number of hydrogen-bond acceptors (Lipinski definition) is 0. The molecule has 0 aromatic rings. The largest absolute Gasteiger partial charge is 0 e. The van der Waals surface area contributed by atoms with Crippen LogP contribution in [-0.4, -0.2) is 0 Å². The summed E-state index contributed by atoms with van der Waals surface area (Å²) in [5.41, 5.74) is 0. The van der Waals surface area contributed by atoms with Gasteiger partial charge in [0.2, 0.25) is 0 Å². The van der Waals surface area contributed by atoms with E-state index in [1.54, 1.807) is 0 Å². The molecule has 0 atom stereocenters. The van der Waals surface area contributed by atoms with Crippen LogP contribution in [0, 0.1) is 0 Å². The molecule has 0 nitrogen and oxygen atoms in total. The van der Waals surface area contributed by atoms with Gasteiger partial charge >= 0.3 is 0 Å². The molecule has 0 spiro atoms. The van der Waals surface area contributed by atoms with Crippen molar-refractivity contribution in [2.45, 2.75) is 0 Å². The molecule has 0 aliphatic heterocycles. The van der Waals surface area contributed by atoms with E-state index in [1.807, 2.05) is 0 Å². The molecule has 0 aliphatic carbocycles. The fourth-order valence-corrected chi connectivity index (χ4v) is 0. The van der Waals surface area contributed by atoms with Gasteiger partial charge in [-0.15, -0.1) is 0 Å². The zero-order chi connectivity index (χ0) is 0. The minimum absolute atomic E-state index is 0. The minimum Gasteiger partial charge on any atom is 0 e. The van der Waals surface area contributed by atoms with Gasteiger partial charge in [0, 0.05) is 70.7 Å². The summed E-state index contributed by atoms with van der Waals surface area (Å²) < 4.78 is 0. The molecule has 0 aromatic heterocycles. The van der Waals surface area contributed by atoms with Gasteiger partial charge in [0.05, 0.1) is 0 Å². The Kier molecular flexibility index (Phi) is 166. The van der Waals surface area contributed by atoms with E-state index in [2.05, 4.69) is 0 Å². The molecule has 0 aromatic carbocycles. The second-order valence-electron chi connectivity index (χ2n) is 0. The van der Waals surface area contributed by atoms with Gasteiger partial charge < -0.3 is 0 Å². The Bertz CT molecular complexity index is 6.00. The van der Waals surface area contributed by atoms with Crippen LogP contribution < -0.4 is 0 Å². The zero-order valence-electron chi connectivity index (χ0n) is 1.72. The fourth-order valence-electron chi connectivity index (χ4n) is 0. The quantitative estimate of drug-likeness (QED) is 0.523. The van der Waals surface area contributed by atoms with Crippen LogP contribution in [0.5, 0.6) is 0 Å². The first kappa shape index (κ1) is 34.9. The molecule has 0 unspecified atom stereocenters. The maximum atomic E-state index is 0. The van der Waals surface area contributed by atoms with Crippen molar-refractivity contribution < 1.29 is 70.7 Å². The van der Waals surface area contributed by atoms with E-state index in [4.69, 9.17) is 0 Å². The molecular weight excluding hydrogens is 241 g/mol. The molecule has 0 N–H and O–H groups in total. The van der Waals surface area contributed by atoms with Gasteiger partial charge in [0.15, 0.2) is 0 Å². The summed E-state index contributed by atoms with van der Waals surface area (Å²) in [6, 6.07) is 0. The van der Waals surface area contributed by atoms with Gasteiger partial charge in [0.25, 0.3) is 0 Å². The van der Waals surface area contributed by atoms with E-state index in [1.165, 1.54) is 0 Å². The van der Waals surface area contributed by atoms with Crippen molar-refractivity contribution in [3.63, 3.8) is 0 Å². The van der Waals surface area contributed by atoms with Crippen LogP contribution in [0.25, 0.3) is 0 Å². The minimum atomic E-state index is 0. The zero-order valence-corrected chi connectivity index (χ0v) is 7.83. The SMILES string of the molecule is [Cu].[Fe].[Fe].[Zn]. The topological polar surface area (TPSA) is 0 Å². The van der Waals surface area contributed by atoms with Crippen molar-refractivity contribution in [2.75, 3.05) is 0 Å². The molecule has 4 heavy (non-hydrogen) atoms. The summed E-state index contributed by atoms with van der Waals surface area (Å²) in [5.74, 6) is 0. The summed E-state index contributed by atoms with van der Waals surface area (Å²) >= 11 is 0. The van der Waals surface area contributed by atoms with E-state index in [-0.39, 0.29) is 70.7 Å². The molecule has 0 rings (SSSR count). The molecule has 0 saturated carbocycles. The van der Waals surface area contributed by atoms with Crippen molar-refractivity contribution >= 4 is 0 Å². The smallest absolute Gasteiger partial charge is 0 e. The third-order valence-electron chi connectivity index (χ3n) is 0. The summed E-state index contributed by atoms with van der Waals surface area (Å²) in [5, 5.41) is 0. The van der Waals surface area contributed by atoms with Gasteiger partial charge in [-0.2, -0.15) is 0 Å². The second kappa shape index (κ2) is 19.0. The van der Waals surface area contributed by atoms with E-state index in [9.17, 15) is 0 Å². The van der Waals surface area contributed by atoms with Crippen molar-refractivity contribution in [1.82, 2.24) is 0 Å². The molecule has 29 valence electrons. The molecular formula is CuFe2Zn. The molecule has 1 radical (unpaired) electrons. The summed E-state index contributed by atoms with van der Waals surface area (Å²) in [6.45, 7) is 0. The third-order valence-corrected chi connectivity index (χ3v) is 0. The van der Waals surface area contributed by atoms with Crippen molar-refractivity contribution in [3.05, 3.63) is 0 Å². The Labute approximate surface area is 70.0 Å². The maximum Gasteiger partial charge on any atom is 0 e. The average Bonchev–Trinajstić information content (AvgIpc) is 0. The molecule has 4 heteroatoms. The van der Waals surface area contributed by atoms with Crippen LogP contribution >= 0.6 is 0 Å². The number of hydrogen-bond donors (Lipinski definition) is 0. The molecule has 0 bridgehead atoms. The van der Waals surface area contributed by atoms with Crippen molar-refractivity contribution in [1.29, 1.82) is 0 Å². The molecule has 0 amide bonds. The average molecular weight is 241 g/mol. The fraction of sp³-hybridized carbons (Fsp3) is 0. The predicted molar refractivity (Wildman–Crippen MR) is 0 cm³/mol. The van der Waals surface area contributed by atoms with E-state index >= 15 is 0 Å². The van der Waals surface area contributed by atoms with Gasteiger partial charge in [-0.1, -0.05) is 0 Å². The predicted octanol–water partition coefficient (Wildman–Crippen LogP) is -0.0100. The summed E-state index contributed by atoms with van der Waals surface area (Å²) in [4.78, 5) is 0. The first-order chi connectivity index (χ1) is 0. The van der Waals surface area contributed by atoms with Crippen LogP contribution in [0.1, 0.15) is 0 Å². The van der Waals surface area contributed by atoms with E-state index in [0.717, 1.165) is 0 Å². The van der Waals surface area contributed by atoms with Crippen LogP contribution in [0.2, 0.25) is 0 Å². The van der Waals surface area contributed by atoms with Crippen molar-refractivity contribution in [3.8, 4) is 0 Å². The van der Waals surface area contributed by atoms with E-state index < -0.39 is 0 Å².